The fourth-order valence-electron chi connectivity index (χ4n) is 2.69. The third-order valence-corrected chi connectivity index (χ3v) is 4.62. The van der Waals surface area contributed by atoms with Crippen LogP contribution in [0.4, 0.5) is 0 Å². The van der Waals surface area contributed by atoms with E-state index < -0.39 is 0 Å². The molecule has 0 spiro atoms. The molecule has 0 bridgehead atoms. The highest BCUT2D eigenvalue weighted by atomic mass is 32.1. The van der Waals surface area contributed by atoms with Crippen molar-refractivity contribution >= 4 is 17.2 Å². The lowest BCUT2D eigenvalue weighted by Gasteiger charge is -2.21. The van der Waals surface area contributed by atoms with Crippen LogP contribution < -0.4 is 10.6 Å². The molecule has 2 atom stereocenters. The summed E-state index contributed by atoms with van der Waals surface area (Å²) in [7, 11) is 0. The lowest BCUT2D eigenvalue weighted by atomic mass is 10.1. The quantitative estimate of drug-likeness (QED) is 0.841. The molecule has 0 aliphatic heterocycles. The van der Waals surface area contributed by atoms with E-state index in [4.69, 9.17) is 0 Å². The molecule has 1 aromatic rings. The maximum absolute atomic E-state index is 12.1. The van der Waals surface area contributed by atoms with Crippen molar-refractivity contribution in [1.29, 1.82) is 0 Å². The SMILES string of the molecule is CC(Cc1cccs1)NC(C)C(=O)NC1CCCC1. The average molecular weight is 280 g/mol. The minimum atomic E-state index is -0.115. The molecule has 1 saturated carbocycles. The van der Waals surface area contributed by atoms with Gasteiger partial charge in [0.05, 0.1) is 6.04 Å². The van der Waals surface area contributed by atoms with E-state index in [1.54, 1.807) is 11.3 Å². The Morgan fingerprint density at radius 1 is 1.42 bits per heavy atom. The van der Waals surface area contributed by atoms with Gasteiger partial charge in [0.2, 0.25) is 5.91 Å². The number of carbonyl (C=O) groups is 1. The Balaban J connectivity index is 1.72. The molecule has 106 valence electrons. The van der Waals surface area contributed by atoms with Crippen LogP contribution in [0.2, 0.25) is 0 Å². The fraction of sp³-hybridized carbons (Fsp3) is 0.667. The Hall–Kier alpha value is -0.870. The number of rotatable bonds is 6. The van der Waals surface area contributed by atoms with Crippen molar-refractivity contribution in [3.8, 4) is 0 Å². The molecular formula is C15H24N2OS. The van der Waals surface area contributed by atoms with Gasteiger partial charge in [0.1, 0.15) is 0 Å². The lowest BCUT2D eigenvalue weighted by Crippen LogP contribution is -2.48. The van der Waals surface area contributed by atoms with Gasteiger partial charge in [0.25, 0.3) is 0 Å². The van der Waals surface area contributed by atoms with Crippen LogP contribution in [-0.2, 0) is 11.2 Å². The van der Waals surface area contributed by atoms with Crippen LogP contribution in [0.15, 0.2) is 17.5 Å². The summed E-state index contributed by atoms with van der Waals surface area (Å²) in [6.07, 6.45) is 5.77. The highest BCUT2D eigenvalue weighted by Crippen LogP contribution is 2.17. The lowest BCUT2D eigenvalue weighted by molar-refractivity contribution is -0.123. The molecule has 1 aromatic heterocycles. The van der Waals surface area contributed by atoms with Gasteiger partial charge in [-0.1, -0.05) is 18.9 Å². The molecule has 1 aliphatic rings. The van der Waals surface area contributed by atoms with Gasteiger partial charge in [0.15, 0.2) is 0 Å². The highest BCUT2D eigenvalue weighted by Gasteiger charge is 2.21. The van der Waals surface area contributed by atoms with E-state index in [-0.39, 0.29) is 11.9 Å². The first kappa shape index (κ1) is 14.5. The van der Waals surface area contributed by atoms with Crippen LogP contribution >= 0.6 is 11.3 Å². The molecule has 0 radical (unpaired) electrons. The molecule has 1 aliphatic carbocycles. The third kappa shape index (κ3) is 4.62. The number of nitrogens with one attached hydrogen (secondary N) is 2. The van der Waals surface area contributed by atoms with E-state index in [0.717, 1.165) is 19.3 Å². The summed E-state index contributed by atoms with van der Waals surface area (Å²) < 4.78 is 0. The van der Waals surface area contributed by atoms with Gasteiger partial charge in [-0.2, -0.15) is 0 Å². The van der Waals surface area contributed by atoms with Gasteiger partial charge in [-0.05, 0) is 44.6 Å². The smallest absolute Gasteiger partial charge is 0.237 e. The molecule has 3 nitrogen and oxygen atoms in total. The van der Waals surface area contributed by atoms with E-state index in [1.807, 2.05) is 6.92 Å². The number of amides is 1. The van der Waals surface area contributed by atoms with Gasteiger partial charge in [-0.25, -0.2) is 0 Å². The summed E-state index contributed by atoms with van der Waals surface area (Å²) >= 11 is 1.77. The van der Waals surface area contributed by atoms with Crippen molar-refractivity contribution < 1.29 is 4.79 Å². The van der Waals surface area contributed by atoms with Crippen LogP contribution in [0.1, 0.15) is 44.4 Å². The van der Waals surface area contributed by atoms with Gasteiger partial charge in [0, 0.05) is 17.0 Å². The van der Waals surface area contributed by atoms with Gasteiger partial charge >= 0.3 is 0 Å². The zero-order valence-electron chi connectivity index (χ0n) is 11.8. The van der Waals surface area contributed by atoms with E-state index in [9.17, 15) is 4.79 Å². The summed E-state index contributed by atoms with van der Waals surface area (Å²) in [5, 5.41) is 8.63. The second kappa shape index (κ2) is 7.06. The van der Waals surface area contributed by atoms with Gasteiger partial charge < -0.3 is 10.6 Å². The molecule has 1 heterocycles. The Morgan fingerprint density at radius 3 is 2.79 bits per heavy atom. The fourth-order valence-corrected chi connectivity index (χ4v) is 3.52. The highest BCUT2D eigenvalue weighted by molar-refractivity contribution is 7.09. The number of thiophene rings is 1. The Labute approximate surface area is 119 Å². The molecule has 2 rings (SSSR count). The number of carbonyl (C=O) groups excluding carboxylic acids is 1. The predicted molar refractivity (Wildman–Crippen MR) is 80.5 cm³/mol. The zero-order chi connectivity index (χ0) is 13.7. The number of hydrogen-bond acceptors (Lipinski definition) is 3. The summed E-state index contributed by atoms with van der Waals surface area (Å²) in [4.78, 5) is 13.4. The molecule has 0 aromatic carbocycles. The molecule has 1 amide bonds. The van der Waals surface area contributed by atoms with E-state index in [1.165, 1.54) is 17.7 Å². The topological polar surface area (TPSA) is 41.1 Å². The van der Waals surface area contributed by atoms with Crippen molar-refractivity contribution in [2.45, 2.75) is 64.1 Å². The van der Waals surface area contributed by atoms with Crippen LogP contribution in [0.5, 0.6) is 0 Å². The van der Waals surface area contributed by atoms with Crippen molar-refractivity contribution in [3.63, 3.8) is 0 Å². The minimum Gasteiger partial charge on any atom is -0.352 e. The Kier molecular flexibility index (Phi) is 5.40. The summed E-state index contributed by atoms with van der Waals surface area (Å²) in [6, 6.07) is 4.83. The van der Waals surface area contributed by atoms with Crippen molar-refractivity contribution in [1.82, 2.24) is 10.6 Å². The minimum absolute atomic E-state index is 0.115. The summed E-state index contributed by atoms with van der Waals surface area (Å²) in [5.74, 6) is 0.143. The maximum Gasteiger partial charge on any atom is 0.237 e. The van der Waals surface area contributed by atoms with Crippen LogP contribution in [0, 0.1) is 0 Å². The van der Waals surface area contributed by atoms with Crippen LogP contribution in [-0.4, -0.2) is 24.0 Å². The second-order valence-corrected chi connectivity index (χ2v) is 6.60. The van der Waals surface area contributed by atoms with Gasteiger partial charge in [-0.15, -0.1) is 11.3 Å². The standard InChI is InChI=1S/C15H24N2OS/c1-11(10-14-8-5-9-19-14)16-12(2)15(18)17-13-6-3-4-7-13/h5,8-9,11-13,16H,3-4,6-7,10H2,1-2H3,(H,17,18). The maximum atomic E-state index is 12.1. The monoisotopic (exact) mass is 280 g/mol. The van der Waals surface area contributed by atoms with Crippen molar-refractivity contribution in [3.05, 3.63) is 22.4 Å². The first-order valence-electron chi connectivity index (χ1n) is 7.24. The molecule has 19 heavy (non-hydrogen) atoms. The largest absolute Gasteiger partial charge is 0.352 e. The van der Waals surface area contributed by atoms with Crippen molar-refractivity contribution in [2.24, 2.45) is 0 Å². The first-order valence-corrected chi connectivity index (χ1v) is 8.12. The van der Waals surface area contributed by atoms with Crippen molar-refractivity contribution in [2.75, 3.05) is 0 Å². The first-order chi connectivity index (χ1) is 9.15. The van der Waals surface area contributed by atoms with E-state index in [0.29, 0.717) is 12.1 Å². The normalized spacial score (nSPS) is 19.3. The number of hydrogen-bond donors (Lipinski definition) is 2. The third-order valence-electron chi connectivity index (χ3n) is 3.72. The summed E-state index contributed by atoms with van der Waals surface area (Å²) in [5.41, 5.74) is 0. The predicted octanol–water partition coefficient (Wildman–Crippen LogP) is 2.72. The molecule has 2 N–H and O–H groups in total. The summed E-state index contributed by atoms with van der Waals surface area (Å²) in [6.45, 7) is 4.09. The van der Waals surface area contributed by atoms with E-state index >= 15 is 0 Å². The molecule has 4 heteroatoms. The van der Waals surface area contributed by atoms with E-state index in [2.05, 4.69) is 35.1 Å². The molecular weight excluding hydrogens is 256 g/mol. The van der Waals surface area contributed by atoms with Crippen LogP contribution in [0.25, 0.3) is 0 Å². The molecule has 0 saturated heterocycles. The average Bonchev–Trinajstić information content (AvgIpc) is 3.01. The zero-order valence-corrected chi connectivity index (χ0v) is 12.6. The Bertz CT molecular complexity index is 385. The Morgan fingerprint density at radius 2 is 2.16 bits per heavy atom. The molecule has 1 fully saturated rings. The molecule has 2 unspecified atom stereocenters. The van der Waals surface area contributed by atoms with Gasteiger partial charge in [-0.3, -0.25) is 4.79 Å². The van der Waals surface area contributed by atoms with Crippen LogP contribution in [0.3, 0.4) is 0 Å². The second-order valence-electron chi connectivity index (χ2n) is 5.56.